The molecule has 0 radical (unpaired) electrons. The van der Waals surface area contributed by atoms with Crippen LogP contribution in [-0.2, 0) is 37.6 Å². The Morgan fingerprint density at radius 2 is 0.800 bits per heavy atom. The molecule has 38 valence electrons. The van der Waals surface area contributed by atoms with E-state index in [1.54, 1.807) is 0 Å². The van der Waals surface area contributed by atoms with Gasteiger partial charge in [0.1, 0.15) is 0 Å². The molecule has 0 aromatic heterocycles. The average Bonchev–Trinajstić information content (AvgIpc) is 1.50. The van der Waals surface area contributed by atoms with Crippen LogP contribution in [0.4, 0.5) is 0 Å². The second-order valence-electron chi connectivity index (χ2n) is 0. The molecule has 0 saturated heterocycles. The SMILES string of the molecule is [O-2].[OH][Co+].[OH][Co+]. The van der Waals surface area contributed by atoms with Crippen molar-refractivity contribution in [2.45, 2.75) is 0 Å². The van der Waals surface area contributed by atoms with E-state index in [-0.39, 0.29) is 5.48 Å². The number of rotatable bonds is 0. The molecule has 0 aromatic carbocycles. The maximum absolute atomic E-state index is 6.69. The van der Waals surface area contributed by atoms with Crippen molar-refractivity contribution in [3.63, 3.8) is 0 Å². The molecule has 0 atom stereocenters. The van der Waals surface area contributed by atoms with Crippen LogP contribution >= 0.6 is 0 Å². The molecule has 0 heterocycles. The first-order chi connectivity index (χ1) is 2.00. The van der Waals surface area contributed by atoms with Crippen LogP contribution < -0.4 is 0 Å². The van der Waals surface area contributed by atoms with Gasteiger partial charge in [-0.3, -0.25) is 0 Å². The van der Waals surface area contributed by atoms with Gasteiger partial charge in [0, 0.05) is 0 Å². The van der Waals surface area contributed by atoms with Gasteiger partial charge in [0.05, 0.1) is 0 Å². The van der Waals surface area contributed by atoms with Crippen LogP contribution in [0.2, 0.25) is 0 Å². The molecule has 0 saturated carbocycles. The Bertz CT molecular complexity index is 4.85. The summed E-state index contributed by atoms with van der Waals surface area (Å²) in [5.74, 6) is 0. The van der Waals surface area contributed by atoms with Crippen molar-refractivity contribution in [2.75, 3.05) is 0 Å². The minimum absolute atomic E-state index is 0. The Hall–Kier alpha value is 0.893. The summed E-state index contributed by atoms with van der Waals surface area (Å²) in [6.45, 7) is 0. The van der Waals surface area contributed by atoms with Crippen molar-refractivity contribution < 1.29 is 46.0 Å². The van der Waals surface area contributed by atoms with Gasteiger partial charge in [0.25, 0.3) is 0 Å². The summed E-state index contributed by atoms with van der Waals surface area (Å²) >= 11 is 5.12. The Balaban J connectivity index is -0.0000000133. The molecular weight excluding hydrogens is 166 g/mol. The molecule has 5 heavy (non-hydrogen) atoms. The van der Waals surface area contributed by atoms with Gasteiger partial charge in [-0.05, 0) is 0 Å². The normalized spacial score (nSPS) is 2.40. The molecule has 2 N–H and O–H groups in total. The molecule has 0 amide bonds. The van der Waals surface area contributed by atoms with Crippen LogP contribution in [-0.4, -0.2) is 8.44 Å². The summed E-state index contributed by atoms with van der Waals surface area (Å²) < 4.78 is 13.4. The number of hydrogen-bond donors (Lipinski definition) is 2. The standard InChI is InChI=1S/2Co.2H2O.O/h;;2*1H2;/q2*+2;;;-2/p-2. The van der Waals surface area contributed by atoms with Crippen molar-refractivity contribution in [2.24, 2.45) is 0 Å². The van der Waals surface area contributed by atoms with Crippen molar-refractivity contribution in [3.8, 4) is 0 Å². The fourth-order valence-electron chi connectivity index (χ4n) is 0. The van der Waals surface area contributed by atoms with Gasteiger partial charge in [0.2, 0.25) is 0 Å². The molecule has 5 heteroatoms. The fraction of sp³-hybridized carbons (Fsp3) is 0. The van der Waals surface area contributed by atoms with Gasteiger partial charge in [-0.15, -0.1) is 0 Å². The molecule has 0 spiro atoms. The van der Waals surface area contributed by atoms with E-state index in [1.807, 2.05) is 0 Å². The van der Waals surface area contributed by atoms with E-state index >= 15 is 0 Å². The van der Waals surface area contributed by atoms with Crippen LogP contribution in [0.25, 0.3) is 0 Å². The fourth-order valence-corrected chi connectivity index (χ4v) is 0. The van der Waals surface area contributed by atoms with E-state index in [1.165, 1.54) is 0 Å². The molecule has 0 bridgehead atoms. The van der Waals surface area contributed by atoms with E-state index in [2.05, 4.69) is 32.1 Å². The second-order valence-corrected chi connectivity index (χ2v) is 0. The van der Waals surface area contributed by atoms with Crippen LogP contribution in [0.15, 0.2) is 0 Å². The second kappa shape index (κ2) is 93.0. The zero-order chi connectivity index (χ0) is 4.00. The van der Waals surface area contributed by atoms with Crippen LogP contribution in [0, 0.1) is 0 Å². The third kappa shape index (κ3) is 51.4. The van der Waals surface area contributed by atoms with Crippen molar-refractivity contribution >= 4 is 0 Å². The van der Waals surface area contributed by atoms with E-state index in [9.17, 15) is 0 Å². The van der Waals surface area contributed by atoms with Gasteiger partial charge in [-0.2, -0.15) is 0 Å². The summed E-state index contributed by atoms with van der Waals surface area (Å²) in [7, 11) is 0. The van der Waals surface area contributed by atoms with Gasteiger partial charge in [-0.25, -0.2) is 0 Å². The quantitative estimate of drug-likeness (QED) is 0.474. The Morgan fingerprint density at radius 3 is 0.800 bits per heavy atom. The summed E-state index contributed by atoms with van der Waals surface area (Å²) in [5.41, 5.74) is 0. The van der Waals surface area contributed by atoms with Crippen molar-refractivity contribution in [1.82, 2.24) is 0 Å². The van der Waals surface area contributed by atoms with Gasteiger partial charge in [-0.1, -0.05) is 0 Å². The summed E-state index contributed by atoms with van der Waals surface area (Å²) in [4.78, 5) is 0. The van der Waals surface area contributed by atoms with E-state index in [4.69, 9.17) is 8.44 Å². The first-order valence-corrected chi connectivity index (χ1v) is 1.23. The third-order valence-electron chi connectivity index (χ3n) is 0. The van der Waals surface area contributed by atoms with Gasteiger partial charge < -0.3 is 5.48 Å². The van der Waals surface area contributed by atoms with Crippen molar-refractivity contribution in [3.05, 3.63) is 0 Å². The van der Waals surface area contributed by atoms with Crippen LogP contribution in [0.5, 0.6) is 0 Å². The summed E-state index contributed by atoms with van der Waals surface area (Å²) in [6, 6.07) is 0. The molecule has 0 aliphatic rings. The van der Waals surface area contributed by atoms with Crippen molar-refractivity contribution in [1.29, 1.82) is 0 Å². The first kappa shape index (κ1) is 16.9. The van der Waals surface area contributed by atoms with Gasteiger partial charge >= 0.3 is 40.6 Å². The molecular formula is H2Co2O3. The monoisotopic (exact) mass is 168 g/mol. The topological polar surface area (TPSA) is 69.0 Å². The van der Waals surface area contributed by atoms with E-state index in [0.717, 1.165) is 0 Å². The first-order valence-electron chi connectivity index (χ1n) is 0.298. The average molecular weight is 168 g/mol. The van der Waals surface area contributed by atoms with Crippen LogP contribution in [0.3, 0.4) is 0 Å². The molecule has 0 aliphatic heterocycles. The molecule has 0 rings (SSSR count). The molecule has 0 unspecified atom stereocenters. The zero-order valence-corrected chi connectivity index (χ0v) is 4.05. The van der Waals surface area contributed by atoms with Crippen LogP contribution in [0.1, 0.15) is 0 Å². The summed E-state index contributed by atoms with van der Waals surface area (Å²) in [6.07, 6.45) is 0. The predicted molar refractivity (Wildman–Crippen MR) is 5.12 cm³/mol. The minimum atomic E-state index is 0. The third-order valence-corrected chi connectivity index (χ3v) is 0. The maximum atomic E-state index is 6.69. The Morgan fingerprint density at radius 1 is 0.800 bits per heavy atom. The van der Waals surface area contributed by atoms with E-state index < -0.39 is 0 Å². The van der Waals surface area contributed by atoms with E-state index in [0.29, 0.717) is 0 Å². The molecule has 3 nitrogen and oxygen atoms in total. The molecule has 0 fully saturated rings. The Kier molecular flexibility index (Phi) is 314. The zero-order valence-electron chi connectivity index (χ0n) is 1.97. The van der Waals surface area contributed by atoms with Gasteiger partial charge in [0.15, 0.2) is 0 Å². The predicted octanol–water partition coefficient (Wildman–Crippen LogP) is -1.24. The molecule has 0 aliphatic carbocycles. The summed E-state index contributed by atoms with van der Waals surface area (Å²) in [5, 5.41) is 0. The molecule has 0 aromatic rings. The number of hydrogen-bond acceptors (Lipinski definition) is 2. The Labute approximate surface area is 46.5 Å².